The summed E-state index contributed by atoms with van der Waals surface area (Å²) in [5, 5.41) is 4.27. The molecule has 0 amide bonds. The summed E-state index contributed by atoms with van der Waals surface area (Å²) >= 11 is 0. The SMILES string of the molecule is CCCCCCCCCCCCCCCCCCOC(=O)OOOC(=O)c1ccc(OCCCCCC)cc1. The molecule has 0 saturated heterocycles. The van der Waals surface area contributed by atoms with E-state index in [1.807, 2.05) is 0 Å². The van der Waals surface area contributed by atoms with E-state index in [-0.39, 0.29) is 12.2 Å². The predicted octanol–water partition coefficient (Wildman–Crippen LogP) is 10.1. The number of benzene rings is 1. The molecule has 0 atom stereocenters. The molecule has 0 aliphatic carbocycles. The van der Waals surface area contributed by atoms with Crippen LogP contribution in [0.5, 0.6) is 5.75 Å². The van der Waals surface area contributed by atoms with Gasteiger partial charge in [-0.2, -0.15) is 0 Å². The molecule has 0 unspecified atom stereocenters. The Morgan fingerprint density at radius 3 is 1.49 bits per heavy atom. The van der Waals surface area contributed by atoms with Crippen molar-refractivity contribution in [2.24, 2.45) is 0 Å². The summed E-state index contributed by atoms with van der Waals surface area (Å²) in [6, 6.07) is 6.48. The van der Waals surface area contributed by atoms with E-state index >= 15 is 0 Å². The fourth-order valence-electron chi connectivity index (χ4n) is 4.36. The molecule has 0 radical (unpaired) electrons. The first-order chi connectivity index (χ1) is 19.2. The summed E-state index contributed by atoms with van der Waals surface area (Å²) in [6.45, 7) is 5.32. The minimum Gasteiger partial charge on any atom is -0.494 e. The van der Waals surface area contributed by atoms with Crippen molar-refractivity contribution in [3.63, 3.8) is 0 Å². The first kappa shape index (κ1) is 34.7. The van der Waals surface area contributed by atoms with E-state index in [4.69, 9.17) is 9.47 Å². The summed E-state index contributed by atoms with van der Waals surface area (Å²) in [5.74, 6) is -0.104. The third-order valence-electron chi connectivity index (χ3n) is 6.79. The van der Waals surface area contributed by atoms with E-state index in [9.17, 15) is 9.59 Å². The van der Waals surface area contributed by atoms with E-state index in [0.717, 1.165) is 32.1 Å². The first-order valence-corrected chi connectivity index (χ1v) is 15.6. The summed E-state index contributed by atoms with van der Waals surface area (Å²) in [6.07, 6.45) is 24.0. The second-order valence-corrected chi connectivity index (χ2v) is 10.4. The standard InChI is InChI=1S/C32H54O7/c1-3-5-7-9-10-11-12-13-14-15-16-17-18-19-20-22-28-36-32(34)38-39-37-31(33)29-23-25-30(26-24-29)35-27-21-8-6-4-2/h23-26H,3-22,27-28H2,1-2H3. The van der Waals surface area contributed by atoms with Gasteiger partial charge in [0.05, 0.1) is 23.8 Å². The molecule has 7 nitrogen and oxygen atoms in total. The van der Waals surface area contributed by atoms with Crippen molar-refractivity contribution in [2.75, 3.05) is 13.2 Å². The summed E-state index contributed by atoms with van der Waals surface area (Å²) < 4.78 is 10.6. The maximum Gasteiger partial charge on any atom is 0.543 e. The number of unbranched alkanes of at least 4 members (excludes halogenated alkanes) is 18. The van der Waals surface area contributed by atoms with Gasteiger partial charge < -0.3 is 9.47 Å². The van der Waals surface area contributed by atoms with Gasteiger partial charge in [-0.3, -0.25) is 4.89 Å². The van der Waals surface area contributed by atoms with Gasteiger partial charge in [0.2, 0.25) is 0 Å². The van der Waals surface area contributed by atoms with Crippen LogP contribution in [-0.2, 0) is 19.6 Å². The molecule has 224 valence electrons. The van der Waals surface area contributed by atoms with Crippen molar-refractivity contribution >= 4 is 12.1 Å². The van der Waals surface area contributed by atoms with Gasteiger partial charge >= 0.3 is 12.1 Å². The maximum absolute atomic E-state index is 12.0. The smallest absolute Gasteiger partial charge is 0.494 e. The molecular formula is C32H54O7. The van der Waals surface area contributed by atoms with Gasteiger partial charge in [-0.15, -0.1) is 0 Å². The van der Waals surface area contributed by atoms with E-state index in [1.54, 1.807) is 24.3 Å². The van der Waals surface area contributed by atoms with Crippen molar-refractivity contribution in [3.05, 3.63) is 29.8 Å². The molecule has 0 saturated carbocycles. The van der Waals surface area contributed by atoms with Gasteiger partial charge in [0.15, 0.2) is 0 Å². The molecule has 1 aromatic carbocycles. The van der Waals surface area contributed by atoms with Crippen LogP contribution >= 0.6 is 0 Å². The van der Waals surface area contributed by atoms with Crippen LogP contribution in [0.2, 0.25) is 0 Å². The third-order valence-corrected chi connectivity index (χ3v) is 6.79. The van der Waals surface area contributed by atoms with E-state index < -0.39 is 12.1 Å². The van der Waals surface area contributed by atoms with Crippen LogP contribution in [0.1, 0.15) is 153 Å². The lowest BCUT2D eigenvalue weighted by molar-refractivity contribution is -0.452. The lowest BCUT2D eigenvalue weighted by Crippen LogP contribution is -2.12. The Kier molecular flexibility index (Phi) is 23.1. The molecule has 0 spiro atoms. The predicted molar refractivity (Wildman–Crippen MR) is 155 cm³/mol. The average Bonchev–Trinajstić information content (AvgIpc) is 2.95. The fraction of sp³-hybridized carbons (Fsp3) is 0.750. The molecule has 39 heavy (non-hydrogen) atoms. The quantitative estimate of drug-likeness (QED) is 0.0491. The van der Waals surface area contributed by atoms with Gasteiger partial charge in [-0.1, -0.05) is 129 Å². The Morgan fingerprint density at radius 1 is 0.538 bits per heavy atom. The first-order valence-electron chi connectivity index (χ1n) is 15.6. The average molecular weight is 551 g/mol. The minimum absolute atomic E-state index is 0.245. The highest BCUT2D eigenvalue weighted by molar-refractivity contribution is 5.89. The van der Waals surface area contributed by atoms with Gasteiger partial charge in [-0.05, 0) is 37.1 Å². The van der Waals surface area contributed by atoms with Gasteiger partial charge in [0.1, 0.15) is 5.75 Å². The summed E-state index contributed by atoms with van der Waals surface area (Å²) in [4.78, 5) is 32.4. The molecule has 0 N–H and O–H groups in total. The fourth-order valence-corrected chi connectivity index (χ4v) is 4.36. The van der Waals surface area contributed by atoms with E-state index in [1.165, 1.54) is 96.3 Å². The Morgan fingerprint density at radius 2 is 0.974 bits per heavy atom. The number of hydrogen-bond acceptors (Lipinski definition) is 7. The van der Waals surface area contributed by atoms with Crippen LogP contribution in [0.3, 0.4) is 0 Å². The molecule has 0 bridgehead atoms. The lowest BCUT2D eigenvalue weighted by Gasteiger charge is -2.07. The van der Waals surface area contributed by atoms with Crippen molar-refractivity contribution in [2.45, 2.75) is 142 Å². The van der Waals surface area contributed by atoms with Crippen LogP contribution < -0.4 is 4.74 Å². The Labute approximate surface area is 237 Å². The van der Waals surface area contributed by atoms with Crippen LogP contribution in [0, 0.1) is 0 Å². The van der Waals surface area contributed by atoms with Gasteiger partial charge in [0, 0.05) is 0 Å². The zero-order valence-corrected chi connectivity index (χ0v) is 24.7. The zero-order chi connectivity index (χ0) is 28.2. The topological polar surface area (TPSA) is 80.3 Å². The molecule has 0 aromatic heterocycles. The van der Waals surface area contributed by atoms with E-state index in [2.05, 4.69) is 28.7 Å². The normalized spacial score (nSPS) is 10.8. The van der Waals surface area contributed by atoms with Crippen molar-refractivity contribution in [1.82, 2.24) is 0 Å². The van der Waals surface area contributed by atoms with E-state index in [0.29, 0.717) is 12.4 Å². The Bertz CT molecular complexity index is 705. The minimum atomic E-state index is -1.03. The third kappa shape index (κ3) is 21.2. The zero-order valence-electron chi connectivity index (χ0n) is 24.7. The molecule has 0 fully saturated rings. The number of ether oxygens (including phenoxy) is 2. The van der Waals surface area contributed by atoms with Gasteiger partial charge in [-0.25, -0.2) is 14.5 Å². The van der Waals surface area contributed by atoms with Gasteiger partial charge in [0.25, 0.3) is 0 Å². The highest BCUT2D eigenvalue weighted by atomic mass is 17.5. The number of carbonyl (C=O) groups is 2. The molecular weight excluding hydrogens is 496 g/mol. The Balaban J connectivity index is 1.90. The Hall–Kier alpha value is -2.28. The van der Waals surface area contributed by atoms with Crippen LogP contribution in [0.4, 0.5) is 4.79 Å². The number of rotatable bonds is 26. The molecule has 0 heterocycles. The van der Waals surface area contributed by atoms with Crippen molar-refractivity contribution in [3.8, 4) is 5.75 Å². The molecule has 0 aliphatic rings. The van der Waals surface area contributed by atoms with Crippen LogP contribution in [0.15, 0.2) is 24.3 Å². The summed E-state index contributed by atoms with van der Waals surface area (Å²) in [5.41, 5.74) is 0.249. The van der Waals surface area contributed by atoms with Crippen LogP contribution in [0.25, 0.3) is 0 Å². The lowest BCUT2D eigenvalue weighted by atomic mass is 10.0. The molecule has 0 aliphatic heterocycles. The van der Waals surface area contributed by atoms with Crippen molar-refractivity contribution in [1.29, 1.82) is 0 Å². The second-order valence-electron chi connectivity index (χ2n) is 10.4. The molecule has 1 aromatic rings. The number of carbonyl (C=O) groups excluding carboxylic acids is 2. The second kappa shape index (κ2) is 26.0. The molecule has 1 rings (SSSR count). The summed E-state index contributed by atoms with van der Waals surface area (Å²) in [7, 11) is 0. The number of hydrogen-bond donors (Lipinski definition) is 0. The highest BCUT2D eigenvalue weighted by Gasteiger charge is 2.12. The largest absolute Gasteiger partial charge is 0.543 e. The highest BCUT2D eigenvalue weighted by Crippen LogP contribution is 2.15. The molecule has 7 heteroatoms. The monoisotopic (exact) mass is 550 g/mol. The van der Waals surface area contributed by atoms with Crippen molar-refractivity contribution < 1.29 is 33.9 Å². The maximum atomic E-state index is 12.0. The van der Waals surface area contributed by atoms with Crippen LogP contribution in [-0.4, -0.2) is 25.3 Å².